The Bertz CT molecular complexity index is 907. The van der Waals surface area contributed by atoms with Gasteiger partial charge < -0.3 is 24.8 Å². The van der Waals surface area contributed by atoms with Gasteiger partial charge in [0, 0.05) is 0 Å². The van der Waals surface area contributed by atoms with Gasteiger partial charge in [0.1, 0.15) is 0 Å². The van der Waals surface area contributed by atoms with Gasteiger partial charge in [-0.2, -0.15) is 47.0 Å². The molecule has 4 rings (SSSR count). The molecule has 1 aliphatic rings. The minimum Gasteiger partial charge on any atom is -1.00 e. The van der Waals surface area contributed by atoms with Gasteiger partial charge in [-0.15, -0.1) is 5.56 Å². The van der Waals surface area contributed by atoms with Gasteiger partial charge in [0.2, 0.25) is 0 Å². The zero-order chi connectivity index (χ0) is 20.7. The van der Waals surface area contributed by atoms with E-state index >= 15 is 0 Å². The summed E-state index contributed by atoms with van der Waals surface area (Å²) in [5, 5.41) is 0. The Labute approximate surface area is 221 Å². The summed E-state index contributed by atoms with van der Waals surface area (Å²) in [6.45, 7) is 17.9. The van der Waals surface area contributed by atoms with E-state index in [2.05, 4.69) is 110 Å². The van der Waals surface area contributed by atoms with Gasteiger partial charge in [0.25, 0.3) is 0 Å². The Morgan fingerprint density at radius 3 is 1.84 bits per heavy atom. The monoisotopic (exact) mass is 530 g/mol. The summed E-state index contributed by atoms with van der Waals surface area (Å²) in [5.74, 6) is 0. The fraction of sp³-hybridized carbons (Fsp3) is 0.393. The predicted octanol–water partition coefficient (Wildman–Crippen LogP) is 1.68. The van der Waals surface area contributed by atoms with Crippen molar-refractivity contribution in [2.75, 3.05) is 0 Å². The molecule has 0 saturated heterocycles. The van der Waals surface area contributed by atoms with Crippen LogP contribution in [0, 0.1) is 19.9 Å². The maximum Gasteiger partial charge on any atom is 4.00 e. The molecule has 3 heteroatoms. The second-order valence-electron chi connectivity index (χ2n) is 10.3. The topological polar surface area (TPSA) is 0 Å². The van der Waals surface area contributed by atoms with Gasteiger partial charge >= 0.3 is 26.2 Å². The molecule has 3 aromatic carbocycles. The SMILES string of the molecule is CC(C)(C)c1c[c-]c2c(c1)-c1cc(C(C)(C)C)ccc1C2.Cc1c[cH-]c(C)c1.[Cl-].[Cl-].[Zr+4]. The quantitative estimate of drug-likeness (QED) is 0.303. The van der Waals surface area contributed by atoms with Gasteiger partial charge in [-0.05, 0) is 17.4 Å². The van der Waals surface area contributed by atoms with Crippen LogP contribution in [0.4, 0.5) is 0 Å². The summed E-state index contributed by atoms with van der Waals surface area (Å²) in [6.07, 6.45) is 1.03. The largest absolute Gasteiger partial charge is 4.00 e. The molecule has 0 nitrogen and oxygen atoms in total. The number of aryl methyl sites for hydroxylation is 2. The molecule has 0 aromatic heterocycles. The summed E-state index contributed by atoms with van der Waals surface area (Å²) in [7, 11) is 0. The number of hydrogen-bond acceptors (Lipinski definition) is 0. The second-order valence-corrected chi connectivity index (χ2v) is 10.3. The molecule has 0 spiro atoms. The number of halogens is 2. The fourth-order valence-electron chi connectivity index (χ4n) is 3.70. The molecule has 0 radical (unpaired) electrons. The Balaban J connectivity index is 0.000000777. The third kappa shape index (κ3) is 7.38. The summed E-state index contributed by atoms with van der Waals surface area (Å²) >= 11 is 0. The molecule has 1 aliphatic carbocycles. The molecule has 31 heavy (non-hydrogen) atoms. The molecule has 0 N–H and O–H groups in total. The molecular weight excluding hydrogens is 498 g/mol. The first-order valence-electron chi connectivity index (χ1n) is 10.3. The molecule has 0 bridgehead atoms. The Morgan fingerprint density at radius 2 is 1.39 bits per heavy atom. The van der Waals surface area contributed by atoms with Gasteiger partial charge in [-0.1, -0.05) is 90.1 Å². The number of fused-ring (bicyclic) bond motifs is 3. The van der Waals surface area contributed by atoms with E-state index in [0.29, 0.717) is 0 Å². The van der Waals surface area contributed by atoms with Crippen LogP contribution in [0.15, 0.2) is 48.5 Å². The van der Waals surface area contributed by atoms with Crippen molar-refractivity contribution in [3.05, 3.63) is 88.0 Å². The molecule has 0 heterocycles. The van der Waals surface area contributed by atoms with Crippen LogP contribution in [0.3, 0.4) is 0 Å². The van der Waals surface area contributed by atoms with Crippen molar-refractivity contribution in [1.29, 1.82) is 0 Å². The molecule has 0 amide bonds. The third-order valence-electron chi connectivity index (χ3n) is 5.59. The van der Waals surface area contributed by atoms with E-state index in [1.807, 2.05) is 0 Å². The van der Waals surface area contributed by atoms with Crippen LogP contribution >= 0.6 is 0 Å². The van der Waals surface area contributed by atoms with Crippen LogP contribution in [0.25, 0.3) is 11.1 Å². The van der Waals surface area contributed by atoms with Gasteiger partial charge in [0.05, 0.1) is 0 Å². The van der Waals surface area contributed by atoms with E-state index in [4.69, 9.17) is 0 Å². The molecule has 164 valence electrons. The number of rotatable bonds is 0. The van der Waals surface area contributed by atoms with E-state index in [-0.39, 0.29) is 61.8 Å². The normalized spacial score (nSPS) is 11.6. The van der Waals surface area contributed by atoms with E-state index in [0.717, 1.165) is 6.42 Å². The van der Waals surface area contributed by atoms with Crippen LogP contribution in [-0.4, -0.2) is 0 Å². The van der Waals surface area contributed by atoms with Crippen LogP contribution in [-0.2, 0) is 43.5 Å². The van der Waals surface area contributed by atoms with Crippen molar-refractivity contribution < 1.29 is 51.0 Å². The summed E-state index contributed by atoms with van der Waals surface area (Å²) in [4.78, 5) is 0. The summed E-state index contributed by atoms with van der Waals surface area (Å²) in [5.41, 5.74) is 11.5. The first-order valence-corrected chi connectivity index (χ1v) is 10.3. The maximum atomic E-state index is 3.53. The number of hydrogen-bond donors (Lipinski definition) is 0. The first kappa shape index (κ1) is 30.3. The summed E-state index contributed by atoms with van der Waals surface area (Å²) in [6, 6.07) is 21.5. The van der Waals surface area contributed by atoms with Crippen molar-refractivity contribution in [3.8, 4) is 11.1 Å². The van der Waals surface area contributed by atoms with Crippen molar-refractivity contribution in [3.63, 3.8) is 0 Å². The maximum absolute atomic E-state index is 3.53. The Kier molecular flexibility index (Phi) is 11.1. The smallest absolute Gasteiger partial charge is 1.00 e. The van der Waals surface area contributed by atoms with Crippen molar-refractivity contribution >= 4 is 0 Å². The molecule has 0 aliphatic heterocycles. The van der Waals surface area contributed by atoms with Crippen LogP contribution in [0.1, 0.15) is 74.9 Å². The molecule has 0 unspecified atom stereocenters. The molecular formula is C28H34Cl2Zr. The minimum atomic E-state index is 0. The minimum absolute atomic E-state index is 0. The summed E-state index contributed by atoms with van der Waals surface area (Å²) < 4.78 is 0. The van der Waals surface area contributed by atoms with Crippen LogP contribution in [0.5, 0.6) is 0 Å². The van der Waals surface area contributed by atoms with Crippen molar-refractivity contribution in [2.45, 2.75) is 72.6 Å². The first-order chi connectivity index (χ1) is 12.9. The van der Waals surface area contributed by atoms with E-state index in [9.17, 15) is 0 Å². The molecule has 0 atom stereocenters. The zero-order valence-electron chi connectivity index (χ0n) is 20.1. The zero-order valence-corrected chi connectivity index (χ0v) is 24.1. The average Bonchev–Trinajstić information content (AvgIpc) is 3.14. The molecule has 3 aromatic rings. The van der Waals surface area contributed by atoms with E-state index in [1.54, 1.807) is 0 Å². The van der Waals surface area contributed by atoms with Crippen molar-refractivity contribution in [2.24, 2.45) is 0 Å². The average molecular weight is 533 g/mol. The number of benzene rings is 2. The second kappa shape index (κ2) is 11.4. The van der Waals surface area contributed by atoms with E-state index in [1.165, 1.54) is 44.5 Å². The standard InChI is InChI=1S/C21H25.C7H9.2ClH.Zr/c1-20(2,3)16-9-7-14-11-15-8-10-17(21(4,5)6)13-19(15)18(14)12-16;1-6-3-4-7(2)5-6;;;/h7,9-10,12-13H,11H2,1-6H3;3-5H,1-2H3;2*1H;/q2*-1;;;+4/p-2. The Hall–Kier alpha value is -0.747. The van der Waals surface area contributed by atoms with Crippen molar-refractivity contribution in [1.82, 2.24) is 0 Å². The molecule has 0 saturated carbocycles. The van der Waals surface area contributed by atoms with Gasteiger partial charge in [-0.25, -0.2) is 11.6 Å². The fourth-order valence-corrected chi connectivity index (χ4v) is 3.70. The van der Waals surface area contributed by atoms with E-state index < -0.39 is 0 Å². The predicted molar refractivity (Wildman–Crippen MR) is 122 cm³/mol. The molecule has 0 fully saturated rings. The Morgan fingerprint density at radius 1 is 0.806 bits per heavy atom. The van der Waals surface area contributed by atoms with Crippen LogP contribution < -0.4 is 24.8 Å². The third-order valence-corrected chi connectivity index (χ3v) is 5.59. The van der Waals surface area contributed by atoms with Crippen LogP contribution in [0.2, 0.25) is 0 Å². The van der Waals surface area contributed by atoms with Gasteiger partial charge in [0.15, 0.2) is 0 Å². The van der Waals surface area contributed by atoms with Gasteiger partial charge in [-0.3, -0.25) is 0 Å².